The third-order valence-electron chi connectivity index (χ3n) is 1.36. The van der Waals surface area contributed by atoms with Gasteiger partial charge in [-0.05, 0) is 5.92 Å². The molecule has 1 atom stereocenters. The molecule has 0 aromatic rings. The van der Waals surface area contributed by atoms with Crippen LogP contribution in [0.15, 0.2) is 0 Å². The van der Waals surface area contributed by atoms with E-state index in [1.807, 2.05) is 13.8 Å². The van der Waals surface area contributed by atoms with Gasteiger partial charge < -0.3 is 9.53 Å². The van der Waals surface area contributed by atoms with E-state index in [2.05, 4.69) is 4.43 Å². The quantitative estimate of drug-likeness (QED) is 0.462. The molecule has 70 valence electrons. The van der Waals surface area contributed by atoms with Gasteiger partial charge >= 0.3 is 5.97 Å². The fraction of sp³-hybridized carbons (Fsp3) is 0.714. The second-order valence-electron chi connectivity index (χ2n) is 3.02. The van der Waals surface area contributed by atoms with Gasteiger partial charge in [0, 0.05) is 6.42 Å². The molecule has 0 aliphatic rings. The van der Waals surface area contributed by atoms with E-state index in [0.717, 1.165) is 0 Å². The molecule has 12 heavy (non-hydrogen) atoms. The van der Waals surface area contributed by atoms with Crippen molar-refractivity contribution in [1.29, 1.82) is 0 Å². The summed E-state index contributed by atoms with van der Waals surface area (Å²) in [5.74, 6) is -1.35. The first-order valence-corrected chi connectivity index (χ1v) is 4.59. The van der Waals surface area contributed by atoms with Crippen LogP contribution in [0.1, 0.15) is 20.3 Å². The molecule has 1 N–H and O–H groups in total. The molecule has 0 aliphatic heterocycles. The summed E-state index contributed by atoms with van der Waals surface area (Å²) >= 11 is 0. The van der Waals surface area contributed by atoms with Crippen molar-refractivity contribution in [3.63, 3.8) is 0 Å². The highest BCUT2D eigenvalue weighted by atomic mass is 28.2. The first-order chi connectivity index (χ1) is 5.49. The van der Waals surface area contributed by atoms with Crippen molar-refractivity contribution in [3.8, 4) is 0 Å². The molecular formula is C7H14O4Si. The maximum Gasteiger partial charge on any atom is 0.339 e. The Kier molecular flexibility index (Phi) is 4.76. The van der Waals surface area contributed by atoms with Crippen molar-refractivity contribution in [2.75, 3.05) is 0 Å². The van der Waals surface area contributed by atoms with Crippen molar-refractivity contribution >= 4 is 22.2 Å². The third-order valence-corrected chi connectivity index (χ3v) is 1.83. The summed E-state index contributed by atoms with van der Waals surface area (Å²) < 4.78 is 4.66. The topological polar surface area (TPSA) is 63.6 Å². The number of carboxylic acids is 1. The highest BCUT2D eigenvalue weighted by Crippen LogP contribution is 2.05. The Morgan fingerprint density at radius 2 is 2.00 bits per heavy atom. The van der Waals surface area contributed by atoms with Crippen LogP contribution in [0.2, 0.25) is 0 Å². The Balaban J connectivity index is 4.13. The standard InChI is InChI=1S/C7H14O4Si/c1-4(2)3-5(8)6(11-12)7(9)10/h4,6H,3H2,1-2,12H3,(H,9,10). The third kappa shape index (κ3) is 3.63. The number of hydrogen-bond acceptors (Lipinski definition) is 3. The normalized spacial score (nSPS) is 13.2. The summed E-state index contributed by atoms with van der Waals surface area (Å²) in [4.78, 5) is 21.6. The largest absolute Gasteiger partial charge is 0.479 e. The molecular weight excluding hydrogens is 176 g/mol. The highest BCUT2D eigenvalue weighted by molar-refractivity contribution is 6.07. The Morgan fingerprint density at radius 3 is 2.25 bits per heavy atom. The van der Waals surface area contributed by atoms with Crippen LogP contribution in [-0.4, -0.2) is 33.4 Å². The minimum Gasteiger partial charge on any atom is -0.479 e. The van der Waals surface area contributed by atoms with Crippen LogP contribution >= 0.6 is 0 Å². The van der Waals surface area contributed by atoms with Crippen molar-refractivity contribution in [1.82, 2.24) is 0 Å². The lowest BCUT2D eigenvalue weighted by Gasteiger charge is -2.10. The zero-order valence-corrected chi connectivity index (χ0v) is 9.53. The van der Waals surface area contributed by atoms with Gasteiger partial charge in [0.05, 0.1) is 0 Å². The van der Waals surface area contributed by atoms with Gasteiger partial charge in [0.1, 0.15) is 10.5 Å². The maximum atomic E-state index is 11.1. The molecule has 4 nitrogen and oxygen atoms in total. The number of carbonyl (C=O) groups is 2. The molecule has 1 unspecified atom stereocenters. The van der Waals surface area contributed by atoms with Gasteiger partial charge in [0.2, 0.25) is 6.10 Å². The minimum absolute atomic E-state index is 0.177. The van der Waals surface area contributed by atoms with Gasteiger partial charge in [0.25, 0.3) is 0 Å². The monoisotopic (exact) mass is 190 g/mol. The van der Waals surface area contributed by atoms with Gasteiger partial charge in [-0.1, -0.05) is 13.8 Å². The predicted molar refractivity (Wildman–Crippen MR) is 46.9 cm³/mol. The fourth-order valence-corrected chi connectivity index (χ4v) is 1.34. The summed E-state index contributed by atoms with van der Waals surface area (Å²) in [6.07, 6.45) is -0.974. The van der Waals surface area contributed by atoms with Gasteiger partial charge in [-0.15, -0.1) is 0 Å². The van der Waals surface area contributed by atoms with Crippen LogP contribution in [-0.2, 0) is 14.0 Å². The van der Waals surface area contributed by atoms with Crippen molar-refractivity contribution < 1.29 is 19.1 Å². The van der Waals surface area contributed by atoms with E-state index in [0.29, 0.717) is 0 Å². The molecule has 0 heterocycles. The lowest BCUT2D eigenvalue weighted by Crippen LogP contribution is -2.32. The molecule has 0 rings (SSSR count). The molecule has 0 saturated heterocycles. The van der Waals surface area contributed by atoms with E-state index < -0.39 is 12.1 Å². The van der Waals surface area contributed by atoms with Gasteiger partial charge in [-0.25, -0.2) is 4.79 Å². The molecule has 0 amide bonds. The molecule has 0 aromatic carbocycles. The number of rotatable bonds is 5. The van der Waals surface area contributed by atoms with Crippen LogP contribution in [0.25, 0.3) is 0 Å². The number of aliphatic carboxylic acids is 1. The van der Waals surface area contributed by atoms with E-state index in [1.165, 1.54) is 0 Å². The van der Waals surface area contributed by atoms with E-state index in [4.69, 9.17) is 5.11 Å². The Hall–Kier alpha value is -0.683. The molecule has 0 spiro atoms. The smallest absolute Gasteiger partial charge is 0.339 e. The lowest BCUT2D eigenvalue weighted by atomic mass is 10.0. The first kappa shape index (κ1) is 11.3. The first-order valence-electron chi connectivity index (χ1n) is 3.77. The van der Waals surface area contributed by atoms with Gasteiger partial charge in [-0.3, -0.25) is 4.79 Å². The summed E-state index contributed by atoms with van der Waals surface area (Å²) in [5.41, 5.74) is 0. The van der Waals surface area contributed by atoms with Gasteiger partial charge in [-0.2, -0.15) is 0 Å². The summed E-state index contributed by atoms with van der Waals surface area (Å²) in [5, 5.41) is 8.53. The summed E-state index contributed by atoms with van der Waals surface area (Å²) in [6, 6.07) is 0. The predicted octanol–water partition coefficient (Wildman–Crippen LogP) is -0.648. The number of carbonyl (C=O) groups excluding carboxylic acids is 1. The van der Waals surface area contributed by atoms with Crippen LogP contribution in [0.3, 0.4) is 0 Å². The van der Waals surface area contributed by atoms with Crippen LogP contribution in [0.5, 0.6) is 0 Å². The van der Waals surface area contributed by atoms with Gasteiger partial charge in [0.15, 0.2) is 5.78 Å². The van der Waals surface area contributed by atoms with E-state index in [-0.39, 0.29) is 28.6 Å². The van der Waals surface area contributed by atoms with Crippen LogP contribution in [0, 0.1) is 5.92 Å². The number of Topliss-reactive ketones (excluding diaryl/α,β-unsaturated/α-hetero) is 1. The van der Waals surface area contributed by atoms with E-state index >= 15 is 0 Å². The summed E-state index contributed by atoms with van der Waals surface area (Å²) in [6.45, 7) is 3.73. The van der Waals surface area contributed by atoms with Crippen LogP contribution < -0.4 is 0 Å². The number of hydrogen-bond donors (Lipinski definition) is 1. The van der Waals surface area contributed by atoms with E-state index in [1.54, 1.807) is 0 Å². The minimum atomic E-state index is -1.24. The molecule has 0 bridgehead atoms. The molecule has 0 aliphatic carbocycles. The Morgan fingerprint density at radius 1 is 1.50 bits per heavy atom. The zero-order chi connectivity index (χ0) is 9.72. The van der Waals surface area contributed by atoms with Crippen LogP contribution in [0.4, 0.5) is 0 Å². The average molecular weight is 190 g/mol. The molecule has 0 saturated carbocycles. The maximum absolute atomic E-state index is 11.1. The van der Waals surface area contributed by atoms with Crippen molar-refractivity contribution in [3.05, 3.63) is 0 Å². The SMILES string of the molecule is CC(C)CC(=O)C(O[SiH3])C(=O)O. The number of carboxylic acid groups (broad SMARTS) is 1. The second kappa shape index (κ2) is 5.05. The highest BCUT2D eigenvalue weighted by Gasteiger charge is 2.24. The second-order valence-corrected chi connectivity index (χ2v) is 3.49. The average Bonchev–Trinajstić information content (AvgIpc) is 1.85. The molecule has 5 heteroatoms. The number of ketones is 1. The Labute approximate surface area is 74.5 Å². The fourth-order valence-electron chi connectivity index (χ4n) is 0.879. The lowest BCUT2D eigenvalue weighted by molar-refractivity contribution is -0.150. The Bertz CT molecular complexity index is 178. The van der Waals surface area contributed by atoms with Crippen molar-refractivity contribution in [2.24, 2.45) is 5.92 Å². The summed E-state index contributed by atoms with van der Waals surface area (Å²) in [7, 11) is 0.267. The van der Waals surface area contributed by atoms with E-state index in [9.17, 15) is 9.59 Å². The van der Waals surface area contributed by atoms with Crippen molar-refractivity contribution in [2.45, 2.75) is 26.4 Å². The zero-order valence-electron chi connectivity index (χ0n) is 7.53. The molecule has 0 aromatic heterocycles. The molecule has 0 fully saturated rings. The molecule has 0 radical (unpaired) electrons.